The number of ketones is 1. The summed E-state index contributed by atoms with van der Waals surface area (Å²) in [4.78, 5) is 12.2. The highest BCUT2D eigenvalue weighted by Crippen LogP contribution is 2.46. The van der Waals surface area contributed by atoms with E-state index in [0.717, 1.165) is 12.1 Å². The Hall–Kier alpha value is -2.21. The van der Waals surface area contributed by atoms with Crippen molar-refractivity contribution < 1.29 is 27.8 Å². The Balaban J connectivity index is 1.91. The molecule has 1 aliphatic heterocycles. The van der Waals surface area contributed by atoms with E-state index in [4.69, 9.17) is 14.2 Å². The Bertz CT molecular complexity index is 735. The second-order valence-electron chi connectivity index (χ2n) is 6.81. The summed E-state index contributed by atoms with van der Waals surface area (Å²) in [6.45, 7) is 5.57. The quantitative estimate of drug-likeness (QED) is 0.717. The van der Waals surface area contributed by atoms with E-state index in [1.54, 1.807) is 6.08 Å². The molecule has 0 radical (unpaired) electrons. The molecule has 3 rings (SSSR count). The molecule has 1 aliphatic carbocycles. The van der Waals surface area contributed by atoms with Gasteiger partial charge < -0.3 is 14.2 Å². The van der Waals surface area contributed by atoms with Gasteiger partial charge in [-0.05, 0) is 25.2 Å². The van der Waals surface area contributed by atoms with E-state index < -0.39 is 17.2 Å². The number of rotatable bonds is 6. The Morgan fingerprint density at radius 3 is 2.73 bits per heavy atom. The fraction of sp³-hybridized carbons (Fsp3) is 0.450. The lowest BCUT2D eigenvalue weighted by molar-refractivity contribution is -0.123. The molecule has 0 aromatic heterocycles. The van der Waals surface area contributed by atoms with Crippen LogP contribution in [0, 0.1) is 23.5 Å². The maximum Gasteiger partial charge on any atom is 0.189 e. The highest BCUT2D eigenvalue weighted by molar-refractivity contribution is 5.93. The molecule has 0 saturated carbocycles. The van der Waals surface area contributed by atoms with Crippen LogP contribution in [-0.2, 0) is 20.7 Å². The molecule has 0 bridgehead atoms. The number of benzene rings is 1. The zero-order valence-corrected chi connectivity index (χ0v) is 14.9. The lowest BCUT2D eigenvalue weighted by Gasteiger charge is -2.38. The first-order valence-electron chi connectivity index (χ1n) is 8.57. The lowest BCUT2D eigenvalue weighted by Crippen LogP contribution is -2.45. The van der Waals surface area contributed by atoms with Gasteiger partial charge >= 0.3 is 0 Å². The first-order valence-corrected chi connectivity index (χ1v) is 8.57. The standard InChI is InChI=1S/C20H22F2O4/c1-4-5-13-10-20(19(9-18(13)23)25-11-26-20)12(2)6-15-16(21)7-14(24-3)8-17(15)22/h4,7-9,12-13H,1,5-6,10-11H2,2-3H3/t12-,13+,20-/m1/s1. The van der Waals surface area contributed by atoms with Gasteiger partial charge in [-0.25, -0.2) is 8.78 Å². The Kier molecular flexibility index (Phi) is 5.14. The van der Waals surface area contributed by atoms with Crippen LogP contribution in [0.5, 0.6) is 5.75 Å². The summed E-state index contributed by atoms with van der Waals surface area (Å²) in [5.74, 6) is -1.35. The summed E-state index contributed by atoms with van der Waals surface area (Å²) < 4.78 is 45.0. The van der Waals surface area contributed by atoms with Gasteiger partial charge in [0.15, 0.2) is 12.6 Å². The molecule has 26 heavy (non-hydrogen) atoms. The average Bonchev–Trinajstić information content (AvgIpc) is 3.02. The summed E-state index contributed by atoms with van der Waals surface area (Å²) in [5.41, 5.74) is -0.889. The molecule has 140 valence electrons. The van der Waals surface area contributed by atoms with Gasteiger partial charge in [-0.3, -0.25) is 4.79 Å². The van der Waals surface area contributed by atoms with Crippen molar-refractivity contribution in [3.63, 3.8) is 0 Å². The van der Waals surface area contributed by atoms with Crippen LogP contribution >= 0.6 is 0 Å². The summed E-state index contributed by atoms with van der Waals surface area (Å²) >= 11 is 0. The maximum atomic E-state index is 14.4. The van der Waals surface area contributed by atoms with Crippen LogP contribution in [0.15, 0.2) is 36.6 Å². The molecular weight excluding hydrogens is 342 g/mol. The third kappa shape index (κ3) is 3.14. The predicted molar refractivity (Wildman–Crippen MR) is 91.6 cm³/mol. The monoisotopic (exact) mass is 364 g/mol. The van der Waals surface area contributed by atoms with Crippen LogP contribution in [0.3, 0.4) is 0 Å². The summed E-state index contributed by atoms with van der Waals surface area (Å²) in [5, 5.41) is 0. The van der Waals surface area contributed by atoms with Crippen molar-refractivity contribution in [2.24, 2.45) is 11.8 Å². The number of carbonyl (C=O) groups is 1. The van der Waals surface area contributed by atoms with E-state index in [0.29, 0.717) is 18.6 Å². The van der Waals surface area contributed by atoms with Gasteiger partial charge in [-0.2, -0.15) is 0 Å². The Morgan fingerprint density at radius 1 is 1.42 bits per heavy atom. The SMILES string of the molecule is C=CC[C@H]1C[C@]2([C@H](C)Cc3c(F)cc(OC)cc3F)OCOC2=CC1=O. The van der Waals surface area contributed by atoms with Crippen molar-refractivity contribution in [3.8, 4) is 5.75 Å². The van der Waals surface area contributed by atoms with E-state index in [1.807, 2.05) is 6.92 Å². The molecule has 1 aromatic carbocycles. The molecule has 6 heteroatoms. The van der Waals surface area contributed by atoms with Gasteiger partial charge in [0.2, 0.25) is 0 Å². The molecule has 0 N–H and O–H groups in total. The molecule has 0 spiro atoms. The van der Waals surface area contributed by atoms with E-state index in [-0.39, 0.29) is 42.1 Å². The zero-order valence-electron chi connectivity index (χ0n) is 14.9. The van der Waals surface area contributed by atoms with Crippen LogP contribution in [0.25, 0.3) is 0 Å². The Morgan fingerprint density at radius 2 is 2.12 bits per heavy atom. The first-order chi connectivity index (χ1) is 12.4. The number of hydrogen-bond donors (Lipinski definition) is 0. The Labute approximate surface area is 151 Å². The first kappa shape index (κ1) is 18.6. The van der Waals surface area contributed by atoms with E-state index in [9.17, 15) is 13.6 Å². The minimum Gasteiger partial charge on any atom is -0.497 e. The van der Waals surface area contributed by atoms with Crippen molar-refractivity contribution >= 4 is 5.78 Å². The average molecular weight is 364 g/mol. The fourth-order valence-corrected chi connectivity index (χ4v) is 3.78. The van der Waals surface area contributed by atoms with Crippen LogP contribution in [0.1, 0.15) is 25.3 Å². The molecule has 1 aromatic rings. The minimum absolute atomic E-state index is 0.0256. The number of methoxy groups -OCH3 is 1. The third-order valence-corrected chi connectivity index (χ3v) is 5.28. The summed E-state index contributed by atoms with van der Waals surface area (Å²) in [6, 6.07) is 2.33. The fourth-order valence-electron chi connectivity index (χ4n) is 3.78. The van der Waals surface area contributed by atoms with Gasteiger partial charge in [0, 0.05) is 29.7 Å². The van der Waals surface area contributed by atoms with Crippen molar-refractivity contribution in [1.82, 2.24) is 0 Å². The molecule has 1 fully saturated rings. The van der Waals surface area contributed by atoms with Crippen molar-refractivity contribution in [1.29, 1.82) is 0 Å². The third-order valence-electron chi connectivity index (χ3n) is 5.28. The number of hydrogen-bond acceptors (Lipinski definition) is 4. The van der Waals surface area contributed by atoms with Gasteiger partial charge in [0.05, 0.1) is 7.11 Å². The second kappa shape index (κ2) is 7.19. The van der Waals surface area contributed by atoms with Gasteiger partial charge in [-0.1, -0.05) is 13.0 Å². The molecule has 1 heterocycles. The molecule has 2 aliphatic rings. The van der Waals surface area contributed by atoms with Crippen LogP contribution in [0.4, 0.5) is 8.78 Å². The van der Waals surface area contributed by atoms with E-state index in [2.05, 4.69) is 6.58 Å². The normalized spacial score (nSPS) is 25.9. The van der Waals surface area contributed by atoms with Crippen LogP contribution in [-0.4, -0.2) is 25.3 Å². The molecule has 4 nitrogen and oxygen atoms in total. The maximum absolute atomic E-state index is 14.4. The lowest BCUT2D eigenvalue weighted by atomic mass is 9.71. The number of ether oxygens (including phenoxy) is 3. The molecule has 1 saturated heterocycles. The van der Waals surface area contributed by atoms with Gasteiger partial charge in [0.1, 0.15) is 28.7 Å². The minimum atomic E-state index is -0.861. The predicted octanol–water partition coefficient (Wildman–Crippen LogP) is 3.94. The van der Waals surface area contributed by atoms with Crippen molar-refractivity contribution in [3.05, 3.63) is 53.8 Å². The second-order valence-corrected chi connectivity index (χ2v) is 6.81. The van der Waals surface area contributed by atoms with E-state index in [1.165, 1.54) is 13.2 Å². The zero-order chi connectivity index (χ0) is 18.9. The molecule has 0 unspecified atom stereocenters. The molecular formula is C20H22F2O4. The van der Waals surface area contributed by atoms with Crippen molar-refractivity contribution in [2.75, 3.05) is 13.9 Å². The number of allylic oxidation sites excluding steroid dienone is 2. The van der Waals surface area contributed by atoms with Crippen LogP contribution in [0.2, 0.25) is 0 Å². The highest BCUT2D eigenvalue weighted by atomic mass is 19.1. The van der Waals surface area contributed by atoms with Crippen molar-refractivity contribution in [2.45, 2.75) is 31.8 Å². The van der Waals surface area contributed by atoms with E-state index >= 15 is 0 Å². The number of carbonyl (C=O) groups excluding carboxylic acids is 1. The van der Waals surface area contributed by atoms with Crippen LogP contribution < -0.4 is 4.74 Å². The topological polar surface area (TPSA) is 44.8 Å². The highest BCUT2D eigenvalue weighted by Gasteiger charge is 2.51. The molecule has 0 amide bonds. The molecule has 3 atom stereocenters. The summed E-state index contributed by atoms with van der Waals surface area (Å²) in [7, 11) is 1.36. The van der Waals surface area contributed by atoms with Gasteiger partial charge in [-0.15, -0.1) is 6.58 Å². The van der Waals surface area contributed by atoms with Gasteiger partial charge in [0.25, 0.3) is 0 Å². The smallest absolute Gasteiger partial charge is 0.189 e. The largest absolute Gasteiger partial charge is 0.497 e. The number of fused-ring (bicyclic) bond motifs is 1. The summed E-state index contributed by atoms with van der Waals surface area (Å²) in [6.07, 6.45) is 4.19. The number of halogens is 2.